The number of Topliss-reactive ketones (excluding diaryl/α,β-unsaturated/α-hetero) is 1. The zero-order valence-corrected chi connectivity index (χ0v) is 15.4. The molecule has 26 heavy (non-hydrogen) atoms. The predicted molar refractivity (Wildman–Crippen MR) is 99.8 cm³/mol. The van der Waals surface area contributed by atoms with Gasteiger partial charge in [0.25, 0.3) is 5.91 Å². The maximum absolute atomic E-state index is 13.0. The average molecular weight is 350 g/mol. The first-order chi connectivity index (χ1) is 12.2. The summed E-state index contributed by atoms with van der Waals surface area (Å²) in [4.78, 5) is 31.7. The minimum Gasteiger partial charge on any atom is -0.503 e. The summed E-state index contributed by atoms with van der Waals surface area (Å²) in [6.45, 7) is 7.23. The smallest absolute Gasteiger partial charge is 0.294 e. The van der Waals surface area contributed by atoms with E-state index in [0.29, 0.717) is 11.4 Å². The number of benzene rings is 1. The van der Waals surface area contributed by atoms with Gasteiger partial charge in [0.05, 0.1) is 11.3 Å². The number of nitrogens with zero attached hydrogens (tertiary/aromatic N) is 2. The summed E-state index contributed by atoms with van der Waals surface area (Å²) < 4.78 is 0. The molecule has 1 aromatic carbocycles. The standard InChI is InChI=1S/C21H22N2O3/c1-13-8-7-9-14(12-13)23-17(15-10-5-6-11-22-15)16(18(24)20(23)26)19(25)21(2,3)4/h5-12,17,24H,1-4H3. The number of aromatic nitrogens is 1. The highest BCUT2D eigenvalue weighted by molar-refractivity contribution is 6.17. The maximum Gasteiger partial charge on any atom is 0.294 e. The summed E-state index contributed by atoms with van der Waals surface area (Å²) >= 11 is 0. The number of ketones is 1. The SMILES string of the molecule is Cc1cccc(N2C(=O)C(O)=C(C(=O)C(C)(C)C)C2c2ccccn2)c1. The van der Waals surface area contributed by atoms with E-state index in [2.05, 4.69) is 4.98 Å². The third-order valence-corrected chi connectivity index (χ3v) is 4.38. The summed E-state index contributed by atoms with van der Waals surface area (Å²) in [5.74, 6) is -1.35. The van der Waals surface area contributed by atoms with Crippen LogP contribution in [0.3, 0.4) is 0 Å². The lowest BCUT2D eigenvalue weighted by atomic mass is 9.83. The van der Waals surface area contributed by atoms with Gasteiger partial charge in [-0.1, -0.05) is 39.0 Å². The molecule has 1 unspecified atom stereocenters. The minimum absolute atomic E-state index is 0.0997. The number of aliphatic hydroxyl groups excluding tert-OH is 1. The van der Waals surface area contributed by atoms with Crippen LogP contribution in [0.2, 0.25) is 0 Å². The van der Waals surface area contributed by atoms with E-state index >= 15 is 0 Å². The molecule has 5 heteroatoms. The van der Waals surface area contributed by atoms with Gasteiger partial charge in [-0.05, 0) is 36.8 Å². The molecule has 0 radical (unpaired) electrons. The average Bonchev–Trinajstić information content (AvgIpc) is 2.85. The molecule has 0 saturated carbocycles. The lowest BCUT2D eigenvalue weighted by Gasteiger charge is -2.28. The highest BCUT2D eigenvalue weighted by atomic mass is 16.3. The lowest BCUT2D eigenvalue weighted by Crippen LogP contribution is -2.33. The van der Waals surface area contributed by atoms with Crippen molar-refractivity contribution in [3.63, 3.8) is 0 Å². The Bertz CT molecular complexity index is 895. The number of aliphatic hydroxyl groups is 1. The molecule has 2 aromatic rings. The van der Waals surface area contributed by atoms with Crippen molar-refractivity contribution < 1.29 is 14.7 Å². The fourth-order valence-corrected chi connectivity index (χ4v) is 3.10. The van der Waals surface area contributed by atoms with Gasteiger partial charge in [-0.3, -0.25) is 19.5 Å². The van der Waals surface area contributed by atoms with E-state index in [1.54, 1.807) is 51.2 Å². The number of aryl methyl sites for hydroxylation is 1. The van der Waals surface area contributed by atoms with Gasteiger partial charge in [0, 0.05) is 17.3 Å². The second-order valence-electron chi connectivity index (χ2n) is 7.51. The maximum atomic E-state index is 13.0. The van der Waals surface area contributed by atoms with Gasteiger partial charge in [0.2, 0.25) is 0 Å². The number of anilines is 1. The minimum atomic E-state index is -0.753. The Labute approximate surface area is 153 Å². The number of hydrogen-bond acceptors (Lipinski definition) is 4. The second-order valence-corrected chi connectivity index (χ2v) is 7.51. The molecule has 1 aliphatic rings. The summed E-state index contributed by atoms with van der Waals surface area (Å²) in [7, 11) is 0. The van der Waals surface area contributed by atoms with Crippen LogP contribution in [0.5, 0.6) is 0 Å². The Hall–Kier alpha value is -2.95. The zero-order valence-electron chi connectivity index (χ0n) is 15.4. The van der Waals surface area contributed by atoms with Gasteiger partial charge in [-0.15, -0.1) is 0 Å². The van der Waals surface area contributed by atoms with E-state index < -0.39 is 23.1 Å². The van der Waals surface area contributed by atoms with E-state index in [1.807, 2.05) is 25.1 Å². The van der Waals surface area contributed by atoms with Crippen LogP contribution >= 0.6 is 0 Å². The van der Waals surface area contributed by atoms with Crippen molar-refractivity contribution in [2.75, 3.05) is 4.90 Å². The van der Waals surface area contributed by atoms with Crippen molar-refractivity contribution in [1.82, 2.24) is 4.98 Å². The predicted octanol–water partition coefficient (Wildman–Crippen LogP) is 3.91. The molecule has 1 atom stereocenters. The monoisotopic (exact) mass is 350 g/mol. The number of hydrogen-bond donors (Lipinski definition) is 1. The van der Waals surface area contributed by atoms with E-state index in [-0.39, 0.29) is 11.4 Å². The topological polar surface area (TPSA) is 70.5 Å². The molecule has 0 spiro atoms. The summed E-state index contributed by atoms with van der Waals surface area (Å²) in [5, 5.41) is 10.6. The van der Waals surface area contributed by atoms with E-state index in [1.165, 1.54) is 4.90 Å². The molecule has 5 nitrogen and oxygen atoms in total. The van der Waals surface area contributed by atoms with Crippen LogP contribution in [-0.2, 0) is 9.59 Å². The molecule has 2 heterocycles. The highest BCUT2D eigenvalue weighted by Crippen LogP contribution is 2.42. The van der Waals surface area contributed by atoms with Gasteiger partial charge in [0.1, 0.15) is 6.04 Å². The van der Waals surface area contributed by atoms with Crippen molar-refractivity contribution in [3.05, 3.63) is 71.3 Å². The Kier molecular flexibility index (Phi) is 4.40. The first kappa shape index (κ1) is 17.9. The van der Waals surface area contributed by atoms with E-state index in [9.17, 15) is 14.7 Å². The molecule has 0 fully saturated rings. The van der Waals surface area contributed by atoms with E-state index in [4.69, 9.17) is 0 Å². The first-order valence-electron chi connectivity index (χ1n) is 8.51. The molecule has 0 bridgehead atoms. The van der Waals surface area contributed by atoms with Crippen LogP contribution in [0.25, 0.3) is 0 Å². The van der Waals surface area contributed by atoms with Crippen LogP contribution in [-0.4, -0.2) is 21.8 Å². The third kappa shape index (κ3) is 3.01. The number of carbonyl (C=O) groups is 2. The molecule has 1 amide bonds. The number of amides is 1. The highest BCUT2D eigenvalue weighted by Gasteiger charge is 2.47. The molecular formula is C21H22N2O3. The first-order valence-corrected chi connectivity index (χ1v) is 8.51. The van der Waals surface area contributed by atoms with Gasteiger partial charge in [-0.2, -0.15) is 0 Å². The Morgan fingerprint density at radius 1 is 1.15 bits per heavy atom. The third-order valence-electron chi connectivity index (χ3n) is 4.38. The van der Waals surface area contributed by atoms with Crippen molar-refractivity contribution in [3.8, 4) is 0 Å². The Balaban J connectivity index is 2.21. The van der Waals surface area contributed by atoms with Crippen LogP contribution in [0, 0.1) is 12.3 Å². The zero-order chi connectivity index (χ0) is 19.1. The van der Waals surface area contributed by atoms with Crippen molar-refractivity contribution in [2.24, 2.45) is 5.41 Å². The summed E-state index contributed by atoms with van der Waals surface area (Å²) in [6.07, 6.45) is 1.61. The number of pyridine rings is 1. The molecular weight excluding hydrogens is 328 g/mol. The van der Waals surface area contributed by atoms with Gasteiger partial charge >= 0.3 is 0 Å². The fourth-order valence-electron chi connectivity index (χ4n) is 3.10. The normalized spacial score (nSPS) is 17.8. The molecule has 1 aliphatic heterocycles. The molecule has 1 N–H and O–H groups in total. The Morgan fingerprint density at radius 2 is 1.88 bits per heavy atom. The molecule has 3 rings (SSSR count). The van der Waals surface area contributed by atoms with Crippen molar-refractivity contribution >= 4 is 17.4 Å². The van der Waals surface area contributed by atoms with Crippen LogP contribution in [0.4, 0.5) is 5.69 Å². The molecule has 0 saturated heterocycles. The quantitative estimate of drug-likeness (QED) is 0.911. The molecule has 134 valence electrons. The molecule has 0 aliphatic carbocycles. The fraction of sp³-hybridized carbons (Fsp3) is 0.286. The summed E-state index contributed by atoms with van der Waals surface area (Å²) in [5.41, 5.74) is 1.50. The van der Waals surface area contributed by atoms with Crippen LogP contribution in [0.1, 0.15) is 38.1 Å². The van der Waals surface area contributed by atoms with Gasteiger partial charge in [-0.25, -0.2) is 0 Å². The van der Waals surface area contributed by atoms with Crippen LogP contribution < -0.4 is 4.90 Å². The van der Waals surface area contributed by atoms with Crippen molar-refractivity contribution in [1.29, 1.82) is 0 Å². The second kappa shape index (κ2) is 6.41. The lowest BCUT2D eigenvalue weighted by molar-refractivity contribution is -0.123. The van der Waals surface area contributed by atoms with Gasteiger partial charge in [0.15, 0.2) is 11.5 Å². The van der Waals surface area contributed by atoms with Crippen LogP contribution in [0.15, 0.2) is 60.0 Å². The Morgan fingerprint density at radius 3 is 2.46 bits per heavy atom. The number of carbonyl (C=O) groups excluding carboxylic acids is 2. The summed E-state index contributed by atoms with van der Waals surface area (Å²) in [6, 6.07) is 12.0. The molecule has 1 aromatic heterocycles. The largest absolute Gasteiger partial charge is 0.503 e. The van der Waals surface area contributed by atoms with Crippen molar-refractivity contribution in [2.45, 2.75) is 33.7 Å². The number of rotatable bonds is 3. The van der Waals surface area contributed by atoms with E-state index in [0.717, 1.165) is 5.56 Å². The van der Waals surface area contributed by atoms with Gasteiger partial charge < -0.3 is 5.11 Å².